The molecule has 0 spiro atoms. The first-order valence-electron chi connectivity index (χ1n) is 10.1. The van der Waals surface area contributed by atoms with Gasteiger partial charge in [0.05, 0.1) is 18.9 Å². The molecule has 4 nitrogen and oxygen atoms in total. The van der Waals surface area contributed by atoms with Crippen molar-refractivity contribution in [3.63, 3.8) is 0 Å². The molecule has 4 rings (SSSR count). The van der Waals surface area contributed by atoms with Gasteiger partial charge < -0.3 is 14.2 Å². The van der Waals surface area contributed by atoms with Crippen LogP contribution in [-0.4, -0.2) is 13.1 Å². The summed E-state index contributed by atoms with van der Waals surface area (Å²) in [5, 5.41) is 0. The molecular weight excluding hydrogens is 400 g/mol. The van der Waals surface area contributed by atoms with Crippen molar-refractivity contribution in [1.29, 1.82) is 0 Å². The molecule has 0 radical (unpaired) electrons. The summed E-state index contributed by atoms with van der Waals surface area (Å²) >= 11 is 0. The predicted molar refractivity (Wildman–Crippen MR) is 126 cm³/mol. The molecule has 0 saturated heterocycles. The first kappa shape index (κ1) is 20.9. The van der Waals surface area contributed by atoms with Gasteiger partial charge in [-0.1, -0.05) is 55.1 Å². The highest BCUT2D eigenvalue weighted by Crippen LogP contribution is 2.26. The molecule has 0 amide bonds. The van der Waals surface area contributed by atoms with Gasteiger partial charge in [0.1, 0.15) is 17.2 Å². The number of hydrogen-bond acceptors (Lipinski definition) is 4. The Morgan fingerprint density at radius 2 is 1.03 bits per heavy atom. The van der Waals surface area contributed by atoms with Gasteiger partial charge in [-0.05, 0) is 70.8 Å². The standard InChI is InChI=1S/C28H22O4/c1-3-31-26-16-10-22(11-17-26)20-4-6-24(7-5-20)28(29)32-27-18-12-23(13-19-27)21-8-14-25(30-2)15-9-21/h3-19H,1H2,2H3. The number of rotatable bonds is 7. The topological polar surface area (TPSA) is 44.8 Å². The molecule has 0 aliphatic rings. The van der Waals surface area contributed by atoms with Gasteiger partial charge in [0.15, 0.2) is 0 Å². The summed E-state index contributed by atoms with van der Waals surface area (Å²) in [6.07, 6.45) is 1.39. The molecule has 0 aliphatic carbocycles. The SMILES string of the molecule is C=COc1ccc(-c2ccc(C(=O)Oc3ccc(-c4ccc(OC)cc4)cc3)cc2)cc1. The van der Waals surface area contributed by atoms with E-state index in [1.54, 1.807) is 31.4 Å². The average Bonchev–Trinajstić information content (AvgIpc) is 2.85. The molecule has 0 unspecified atom stereocenters. The Hall–Kier alpha value is -4.31. The minimum absolute atomic E-state index is 0.400. The third-order valence-electron chi connectivity index (χ3n) is 5.02. The van der Waals surface area contributed by atoms with Crippen molar-refractivity contribution in [3.05, 3.63) is 115 Å². The van der Waals surface area contributed by atoms with Crippen molar-refractivity contribution in [3.8, 4) is 39.5 Å². The fraction of sp³-hybridized carbons (Fsp3) is 0.0357. The van der Waals surface area contributed by atoms with Gasteiger partial charge in [-0.2, -0.15) is 0 Å². The minimum atomic E-state index is -0.400. The fourth-order valence-corrected chi connectivity index (χ4v) is 3.29. The van der Waals surface area contributed by atoms with Crippen molar-refractivity contribution < 1.29 is 19.0 Å². The van der Waals surface area contributed by atoms with E-state index >= 15 is 0 Å². The van der Waals surface area contributed by atoms with Crippen LogP contribution in [0.25, 0.3) is 22.3 Å². The number of hydrogen-bond donors (Lipinski definition) is 0. The molecule has 158 valence electrons. The predicted octanol–water partition coefficient (Wildman–Crippen LogP) is 6.77. The highest BCUT2D eigenvalue weighted by Gasteiger charge is 2.10. The molecule has 0 heterocycles. The van der Waals surface area contributed by atoms with Gasteiger partial charge in [0.2, 0.25) is 0 Å². The van der Waals surface area contributed by atoms with Crippen LogP contribution in [0.4, 0.5) is 0 Å². The Balaban J connectivity index is 1.41. The van der Waals surface area contributed by atoms with Crippen LogP contribution in [0, 0.1) is 0 Å². The fourth-order valence-electron chi connectivity index (χ4n) is 3.29. The Kier molecular flexibility index (Phi) is 6.33. The number of carbonyl (C=O) groups excluding carboxylic acids is 1. The van der Waals surface area contributed by atoms with Gasteiger partial charge in [-0.3, -0.25) is 0 Å². The lowest BCUT2D eigenvalue weighted by atomic mass is 10.0. The lowest BCUT2D eigenvalue weighted by Crippen LogP contribution is -2.08. The molecule has 0 bridgehead atoms. The lowest BCUT2D eigenvalue weighted by Gasteiger charge is -2.08. The minimum Gasteiger partial charge on any atom is -0.497 e. The smallest absolute Gasteiger partial charge is 0.343 e. The van der Waals surface area contributed by atoms with E-state index in [4.69, 9.17) is 14.2 Å². The zero-order chi connectivity index (χ0) is 22.3. The van der Waals surface area contributed by atoms with Crippen LogP contribution >= 0.6 is 0 Å². The molecule has 0 atom stereocenters. The van der Waals surface area contributed by atoms with Crippen LogP contribution in [0.15, 0.2) is 110 Å². The Morgan fingerprint density at radius 3 is 1.47 bits per heavy atom. The molecule has 0 fully saturated rings. The van der Waals surface area contributed by atoms with E-state index in [0.717, 1.165) is 33.8 Å². The molecule has 0 saturated carbocycles. The maximum Gasteiger partial charge on any atom is 0.343 e. The Labute approximate surface area is 187 Å². The van der Waals surface area contributed by atoms with E-state index in [0.29, 0.717) is 11.3 Å². The van der Waals surface area contributed by atoms with E-state index in [1.165, 1.54) is 6.26 Å². The van der Waals surface area contributed by atoms with E-state index in [2.05, 4.69) is 6.58 Å². The van der Waals surface area contributed by atoms with Gasteiger partial charge in [-0.25, -0.2) is 4.79 Å². The highest BCUT2D eigenvalue weighted by molar-refractivity contribution is 5.91. The van der Waals surface area contributed by atoms with Crippen LogP contribution in [0.5, 0.6) is 17.2 Å². The van der Waals surface area contributed by atoms with Crippen molar-refractivity contribution in [2.24, 2.45) is 0 Å². The molecular formula is C28H22O4. The van der Waals surface area contributed by atoms with E-state index < -0.39 is 5.97 Å². The number of methoxy groups -OCH3 is 1. The third-order valence-corrected chi connectivity index (χ3v) is 5.02. The first-order chi connectivity index (χ1) is 15.7. The summed E-state index contributed by atoms with van der Waals surface area (Å²) in [5.41, 5.74) is 4.59. The third kappa shape index (κ3) is 4.87. The van der Waals surface area contributed by atoms with Crippen molar-refractivity contribution in [2.75, 3.05) is 7.11 Å². The second kappa shape index (κ2) is 9.67. The van der Waals surface area contributed by atoms with E-state index in [1.807, 2.05) is 72.8 Å². The Bertz CT molecular complexity index is 1190. The Morgan fingerprint density at radius 1 is 0.625 bits per heavy atom. The number of ether oxygens (including phenoxy) is 3. The van der Waals surface area contributed by atoms with E-state index in [-0.39, 0.29) is 0 Å². The summed E-state index contributed by atoms with van der Waals surface area (Å²) in [5.74, 6) is 1.63. The normalized spacial score (nSPS) is 10.3. The van der Waals surface area contributed by atoms with Crippen LogP contribution in [0.1, 0.15) is 10.4 Å². The number of esters is 1. The summed E-state index contributed by atoms with van der Waals surface area (Å²) < 4.78 is 16.0. The quantitative estimate of drug-likeness (QED) is 0.187. The monoisotopic (exact) mass is 422 g/mol. The van der Waals surface area contributed by atoms with Gasteiger partial charge >= 0.3 is 5.97 Å². The molecule has 0 aromatic heterocycles. The van der Waals surface area contributed by atoms with Crippen LogP contribution in [-0.2, 0) is 0 Å². The molecule has 4 heteroatoms. The maximum absolute atomic E-state index is 12.5. The number of carbonyl (C=O) groups is 1. The lowest BCUT2D eigenvalue weighted by molar-refractivity contribution is 0.0735. The number of benzene rings is 4. The van der Waals surface area contributed by atoms with Gasteiger partial charge in [-0.15, -0.1) is 0 Å². The second-order valence-electron chi connectivity index (χ2n) is 7.03. The molecule has 4 aromatic rings. The largest absolute Gasteiger partial charge is 0.497 e. The van der Waals surface area contributed by atoms with Crippen molar-refractivity contribution >= 4 is 5.97 Å². The summed E-state index contributed by atoms with van der Waals surface area (Å²) in [6, 6.07) is 30.2. The molecule has 32 heavy (non-hydrogen) atoms. The van der Waals surface area contributed by atoms with Crippen LogP contribution < -0.4 is 14.2 Å². The summed E-state index contributed by atoms with van der Waals surface area (Å²) in [4.78, 5) is 12.5. The summed E-state index contributed by atoms with van der Waals surface area (Å²) in [6.45, 7) is 3.55. The second-order valence-corrected chi connectivity index (χ2v) is 7.03. The molecule has 0 N–H and O–H groups in total. The van der Waals surface area contributed by atoms with Crippen molar-refractivity contribution in [1.82, 2.24) is 0 Å². The molecule has 4 aromatic carbocycles. The maximum atomic E-state index is 12.5. The zero-order valence-corrected chi connectivity index (χ0v) is 17.7. The van der Waals surface area contributed by atoms with Crippen molar-refractivity contribution in [2.45, 2.75) is 0 Å². The van der Waals surface area contributed by atoms with Crippen LogP contribution in [0.2, 0.25) is 0 Å². The van der Waals surface area contributed by atoms with Gasteiger partial charge in [0, 0.05) is 0 Å². The van der Waals surface area contributed by atoms with Gasteiger partial charge in [0.25, 0.3) is 0 Å². The first-order valence-corrected chi connectivity index (χ1v) is 10.1. The van der Waals surface area contributed by atoms with Crippen LogP contribution in [0.3, 0.4) is 0 Å². The molecule has 0 aliphatic heterocycles. The zero-order valence-electron chi connectivity index (χ0n) is 17.7. The highest BCUT2D eigenvalue weighted by atomic mass is 16.5. The summed E-state index contributed by atoms with van der Waals surface area (Å²) in [7, 11) is 1.64. The van der Waals surface area contributed by atoms with E-state index in [9.17, 15) is 4.79 Å². The average molecular weight is 422 g/mol.